The summed E-state index contributed by atoms with van der Waals surface area (Å²) in [7, 11) is 1.84. The van der Waals surface area contributed by atoms with Gasteiger partial charge in [-0.1, -0.05) is 5.92 Å². The summed E-state index contributed by atoms with van der Waals surface area (Å²) < 4.78 is 7.12. The number of likely N-dealkylation sites (tertiary alicyclic amines) is 1. The van der Waals surface area contributed by atoms with Gasteiger partial charge in [0.1, 0.15) is 12.1 Å². The number of imidazole rings is 1. The summed E-state index contributed by atoms with van der Waals surface area (Å²) in [5, 5.41) is 10.7. The monoisotopic (exact) mass is 449 g/mol. The number of ether oxygens (including phenoxy) is 1. The first-order valence-corrected chi connectivity index (χ1v) is 10.5. The highest BCUT2D eigenvalue weighted by atomic mass is 16.6. The predicted octanol–water partition coefficient (Wildman–Crippen LogP) is 2.64. The largest absolute Gasteiger partial charge is 0.445 e. The Bertz CT molecular complexity index is 1240. The van der Waals surface area contributed by atoms with Crippen LogP contribution in [0, 0.1) is 27.9 Å². The average molecular weight is 449 g/mol. The molecule has 0 spiro atoms. The number of nitrogen functional groups attached to an aromatic ring is 1. The van der Waals surface area contributed by atoms with Crippen LogP contribution in [0.15, 0.2) is 30.6 Å². The molecular formula is C22H23N7O4. The highest BCUT2D eigenvalue weighted by molar-refractivity contribution is 5.81. The van der Waals surface area contributed by atoms with Crippen molar-refractivity contribution in [1.29, 1.82) is 0 Å². The second kappa shape index (κ2) is 9.52. The number of nitro benzene ring substituents is 1. The normalized spacial score (nSPS) is 14.0. The molecule has 2 N–H and O–H groups in total. The number of rotatable bonds is 4. The Kier molecular flexibility index (Phi) is 6.35. The van der Waals surface area contributed by atoms with Gasteiger partial charge in [0.25, 0.3) is 5.69 Å². The number of hydrogen-bond acceptors (Lipinski definition) is 8. The first kappa shape index (κ1) is 22.0. The van der Waals surface area contributed by atoms with E-state index in [2.05, 4.69) is 26.8 Å². The van der Waals surface area contributed by atoms with Crippen LogP contribution in [0.2, 0.25) is 0 Å². The lowest BCUT2D eigenvalue weighted by molar-refractivity contribution is -0.384. The molecule has 4 rings (SSSR count). The summed E-state index contributed by atoms with van der Waals surface area (Å²) in [6, 6.07) is 5.95. The van der Waals surface area contributed by atoms with Crippen molar-refractivity contribution in [3.8, 4) is 11.8 Å². The molecule has 2 aromatic heterocycles. The minimum atomic E-state index is -0.466. The zero-order chi connectivity index (χ0) is 23.4. The third kappa shape index (κ3) is 5.17. The van der Waals surface area contributed by atoms with Gasteiger partial charge in [-0.25, -0.2) is 19.7 Å². The van der Waals surface area contributed by atoms with Gasteiger partial charge >= 0.3 is 6.09 Å². The molecule has 1 aliphatic rings. The van der Waals surface area contributed by atoms with Crippen LogP contribution < -0.4 is 5.73 Å². The number of fused-ring (bicyclic) bond motifs is 1. The van der Waals surface area contributed by atoms with Crippen molar-refractivity contribution in [3.05, 3.63) is 52.1 Å². The molecule has 1 aromatic carbocycles. The van der Waals surface area contributed by atoms with Gasteiger partial charge in [-0.2, -0.15) is 0 Å². The summed E-state index contributed by atoms with van der Waals surface area (Å²) >= 11 is 0. The van der Waals surface area contributed by atoms with E-state index in [1.165, 1.54) is 12.1 Å². The van der Waals surface area contributed by atoms with Crippen molar-refractivity contribution in [2.24, 2.45) is 13.0 Å². The summed E-state index contributed by atoms with van der Waals surface area (Å²) in [6.07, 6.45) is 3.58. The van der Waals surface area contributed by atoms with Gasteiger partial charge < -0.3 is 19.9 Å². The number of piperidine rings is 1. The highest BCUT2D eigenvalue weighted by Crippen LogP contribution is 2.21. The predicted molar refractivity (Wildman–Crippen MR) is 120 cm³/mol. The maximum absolute atomic E-state index is 12.3. The SMILES string of the molecule is Cn1cnc2c(N)nc(C#CCC3CCN(C(=O)OCc4ccc([N+](=O)[O-])cc4)CC3)nc21. The Balaban J connectivity index is 1.24. The molecule has 170 valence electrons. The fourth-order valence-electron chi connectivity index (χ4n) is 3.63. The van der Waals surface area contributed by atoms with E-state index in [4.69, 9.17) is 10.5 Å². The quantitative estimate of drug-likeness (QED) is 0.364. The second-order valence-corrected chi connectivity index (χ2v) is 7.87. The first-order valence-electron chi connectivity index (χ1n) is 10.5. The summed E-state index contributed by atoms with van der Waals surface area (Å²) in [5.41, 5.74) is 7.85. The minimum absolute atomic E-state index is 0.00260. The van der Waals surface area contributed by atoms with Crippen LogP contribution in [0.3, 0.4) is 0 Å². The summed E-state index contributed by atoms with van der Waals surface area (Å²) in [4.78, 5) is 37.0. The zero-order valence-corrected chi connectivity index (χ0v) is 18.1. The number of nitro groups is 1. The molecule has 0 unspecified atom stereocenters. The Hall–Kier alpha value is -4.20. The Labute approximate surface area is 189 Å². The van der Waals surface area contributed by atoms with Crippen molar-refractivity contribution in [1.82, 2.24) is 24.4 Å². The molecule has 11 nitrogen and oxygen atoms in total. The number of carbonyl (C=O) groups is 1. The smallest absolute Gasteiger partial charge is 0.410 e. The van der Waals surface area contributed by atoms with Crippen LogP contribution in [0.4, 0.5) is 16.3 Å². The van der Waals surface area contributed by atoms with Gasteiger partial charge in [0.15, 0.2) is 11.5 Å². The number of aromatic nitrogens is 4. The van der Waals surface area contributed by atoms with Crippen LogP contribution in [0.1, 0.15) is 30.7 Å². The lowest BCUT2D eigenvalue weighted by Gasteiger charge is -2.30. The Morgan fingerprint density at radius 3 is 2.70 bits per heavy atom. The number of nitrogens with two attached hydrogens (primary N) is 1. The van der Waals surface area contributed by atoms with E-state index in [1.54, 1.807) is 27.9 Å². The van der Waals surface area contributed by atoms with Crippen LogP contribution in [-0.2, 0) is 18.4 Å². The number of anilines is 1. The van der Waals surface area contributed by atoms with E-state index < -0.39 is 4.92 Å². The van der Waals surface area contributed by atoms with Gasteiger partial charge in [0.2, 0.25) is 5.82 Å². The molecule has 11 heteroatoms. The van der Waals surface area contributed by atoms with E-state index in [1.807, 2.05) is 7.05 Å². The van der Waals surface area contributed by atoms with Crippen LogP contribution in [0.25, 0.3) is 11.2 Å². The van der Waals surface area contributed by atoms with E-state index in [0.717, 1.165) is 12.8 Å². The zero-order valence-electron chi connectivity index (χ0n) is 18.1. The molecule has 3 aromatic rings. The first-order chi connectivity index (χ1) is 15.9. The van der Waals surface area contributed by atoms with Crippen LogP contribution in [-0.4, -0.2) is 48.5 Å². The van der Waals surface area contributed by atoms with Crippen molar-refractivity contribution in [3.63, 3.8) is 0 Å². The van der Waals surface area contributed by atoms with Crippen molar-refractivity contribution in [2.45, 2.75) is 25.9 Å². The molecule has 0 aliphatic carbocycles. The molecule has 1 amide bonds. The molecule has 1 aliphatic heterocycles. The topological polar surface area (TPSA) is 142 Å². The van der Waals surface area contributed by atoms with E-state index in [0.29, 0.717) is 53.8 Å². The van der Waals surface area contributed by atoms with E-state index in [9.17, 15) is 14.9 Å². The molecule has 3 heterocycles. The molecular weight excluding hydrogens is 426 g/mol. The lowest BCUT2D eigenvalue weighted by atomic mass is 9.94. The third-order valence-corrected chi connectivity index (χ3v) is 5.56. The van der Waals surface area contributed by atoms with Gasteiger partial charge in [-0.3, -0.25) is 10.1 Å². The van der Waals surface area contributed by atoms with Gasteiger partial charge in [0.05, 0.1) is 11.3 Å². The molecule has 1 saturated heterocycles. The fourth-order valence-corrected chi connectivity index (χ4v) is 3.63. The summed E-state index contributed by atoms with van der Waals surface area (Å²) in [6.45, 7) is 1.26. The lowest BCUT2D eigenvalue weighted by Crippen LogP contribution is -2.38. The molecule has 0 radical (unpaired) electrons. The maximum Gasteiger partial charge on any atom is 0.410 e. The van der Waals surface area contributed by atoms with E-state index in [-0.39, 0.29) is 18.4 Å². The number of nitrogens with zero attached hydrogens (tertiary/aromatic N) is 6. The molecule has 0 saturated carbocycles. The number of aryl methyl sites for hydroxylation is 1. The Morgan fingerprint density at radius 1 is 1.27 bits per heavy atom. The van der Waals surface area contributed by atoms with Crippen molar-refractivity contribution in [2.75, 3.05) is 18.8 Å². The van der Waals surface area contributed by atoms with Gasteiger partial charge in [-0.05, 0) is 42.4 Å². The summed E-state index contributed by atoms with van der Waals surface area (Å²) in [5.74, 6) is 7.17. The third-order valence-electron chi connectivity index (χ3n) is 5.56. The van der Waals surface area contributed by atoms with Gasteiger partial charge in [-0.15, -0.1) is 0 Å². The number of amides is 1. The van der Waals surface area contributed by atoms with Gasteiger partial charge in [0, 0.05) is 38.7 Å². The molecule has 33 heavy (non-hydrogen) atoms. The maximum atomic E-state index is 12.3. The van der Waals surface area contributed by atoms with Crippen LogP contribution in [0.5, 0.6) is 0 Å². The number of benzene rings is 1. The molecule has 1 fully saturated rings. The Morgan fingerprint density at radius 2 is 2.00 bits per heavy atom. The van der Waals surface area contributed by atoms with Crippen molar-refractivity contribution < 1.29 is 14.5 Å². The van der Waals surface area contributed by atoms with Crippen LogP contribution >= 0.6 is 0 Å². The standard InChI is InChI=1S/C22H23N7O4/c1-27-14-24-19-20(23)25-18(26-21(19)27)4-2-3-15-9-11-28(12-10-15)22(30)33-13-16-5-7-17(8-6-16)29(31)32/h5-8,14-15H,3,9-13H2,1H3,(H2,23,25,26). The van der Waals surface area contributed by atoms with E-state index >= 15 is 0 Å². The number of carbonyl (C=O) groups excluding carboxylic acids is 1. The number of hydrogen-bond donors (Lipinski definition) is 1. The molecule has 0 bridgehead atoms. The average Bonchev–Trinajstić information content (AvgIpc) is 3.19. The number of non-ortho nitro benzene ring substituents is 1. The second-order valence-electron chi connectivity index (χ2n) is 7.87. The minimum Gasteiger partial charge on any atom is -0.445 e. The highest BCUT2D eigenvalue weighted by Gasteiger charge is 2.23. The molecule has 0 atom stereocenters. The van der Waals surface area contributed by atoms with Crippen molar-refractivity contribution >= 4 is 28.8 Å². The fraction of sp³-hybridized carbons (Fsp3) is 0.364.